The minimum absolute atomic E-state index is 0.198. The maximum Gasteiger partial charge on any atom is 0.243 e. The molecule has 0 unspecified atom stereocenters. The number of hydrogen-bond donors (Lipinski definition) is 2. The Labute approximate surface area is 193 Å². The van der Waals surface area contributed by atoms with Crippen molar-refractivity contribution in [1.29, 1.82) is 0 Å². The van der Waals surface area contributed by atoms with E-state index in [9.17, 15) is 13.2 Å². The molecule has 1 saturated heterocycles. The maximum absolute atomic E-state index is 13.3. The van der Waals surface area contributed by atoms with E-state index in [2.05, 4.69) is 21.3 Å². The first-order chi connectivity index (χ1) is 15.8. The molecule has 1 aromatic heterocycles. The molecule has 2 N–H and O–H groups in total. The Hall–Kier alpha value is -3.30. The van der Waals surface area contributed by atoms with E-state index in [0.29, 0.717) is 31.6 Å². The van der Waals surface area contributed by atoms with Crippen LogP contribution in [0.4, 0.5) is 11.4 Å². The minimum Gasteiger partial charge on any atom is -0.497 e. The minimum atomic E-state index is -3.63. The average Bonchev–Trinajstić information content (AvgIpc) is 3.30. The molecule has 0 saturated carbocycles. The molecular formula is C24H26N4O4S. The number of benzene rings is 2. The van der Waals surface area contributed by atoms with E-state index >= 15 is 0 Å². The third-order valence-corrected chi connectivity index (χ3v) is 8.38. The number of piperidine rings is 1. The lowest BCUT2D eigenvalue weighted by Crippen LogP contribution is -2.50. The lowest BCUT2D eigenvalue weighted by molar-refractivity contribution is -0.114. The van der Waals surface area contributed by atoms with Crippen LogP contribution in [0.25, 0.3) is 5.69 Å². The third kappa shape index (κ3) is 3.67. The number of methoxy groups -OCH3 is 1. The number of fused-ring (bicyclic) bond motifs is 4. The monoisotopic (exact) mass is 466 g/mol. The van der Waals surface area contributed by atoms with Crippen LogP contribution in [-0.4, -0.2) is 43.4 Å². The Bertz CT molecular complexity index is 1310. The Morgan fingerprint density at radius 3 is 2.48 bits per heavy atom. The molecule has 2 aliphatic heterocycles. The normalized spacial score (nSPS) is 17.0. The number of rotatable bonds is 4. The number of sulfonamides is 1. The fourth-order valence-corrected chi connectivity index (χ4v) is 6.25. The molecule has 2 aromatic carbocycles. The van der Waals surface area contributed by atoms with Crippen molar-refractivity contribution in [3.63, 3.8) is 0 Å². The predicted octanol–water partition coefficient (Wildman–Crippen LogP) is 3.55. The Balaban J connectivity index is 1.39. The summed E-state index contributed by atoms with van der Waals surface area (Å²) >= 11 is 0. The van der Waals surface area contributed by atoms with E-state index < -0.39 is 10.0 Å². The molecule has 1 fully saturated rings. The van der Waals surface area contributed by atoms with Gasteiger partial charge in [-0.3, -0.25) is 4.79 Å². The summed E-state index contributed by atoms with van der Waals surface area (Å²) in [5.41, 5.74) is 3.38. The first-order valence-electron chi connectivity index (χ1n) is 10.8. The molecule has 1 amide bonds. The fourth-order valence-electron chi connectivity index (χ4n) is 4.81. The molecule has 5 rings (SSSR count). The van der Waals surface area contributed by atoms with Crippen LogP contribution in [0.2, 0.25) is 0 Å². The highest BCUT2D eigenvalue weighted by molar-refractivity contribution is 7.89. The van der Waals surface area contributed by atoms with Gasteiger partial charge in [-0.1, -0.05) is 0 Å². The molecule has 33 heavy (non-hydrogen) atoms. The average molecular weight is 467 g/mol. The van der Waals surface area contributed by atoms with Crippen LogP contribution in [0, 0.1) is 0 Å². The van der Waals surface area contributed by atoms with E-state index in [1.54, 1.807) is 23.5 Å². The third-order valence-electron chi connectivity index (χ3n) is 6.46. The molecule has 172 valence electrons. The molecule has 9 heteroatoms. The number of carbonyl (C=O) groups excluding carboxylic acids is 1. The zero-order valence-corrected chi connectivity index (χ0v) is 19.4. The van der Waals surface area contributed by atoms with Gasteiger partial charge in [0.15, 0.2) is 0 Å². The summed E-state index contributed by atoms with van der Waals surface area (Å²) < 4.78 is 35.7. The van der Waals surface area contributed by atoms with Crippen molar-refractivity contribution in [3.05, 3.63) is 66.5 Å². The van der Waals surface area contributed by atoms with E-state index in [1.807, 2.05) is 30.5 Å². The van der Waals surface area contributed by atoms with Gasteiger partial charge in [0.2, 0.25) is 15.9 Å². The van der Waals surface area contributed by atoms with Crippen LogP contribution in [0.5, 0.6) is 5.75 Å². The van der Waals surface area contributed by atoms with Crippen molar-refractivity contribution in [2.24, 2.45) is 0 Å². The lowest BCUT2D eigenvalue weighted by atomic mass is 9.83. The summed E-state index contributed by atoms with van der Waals surface area (Å²) in [6.07, 6.45) is 3.32. The highest BCUT2D eigenvalue weighted by Crippen LogP contribution is 2.45. The lowest BCUT2D eigenvalue weighted by Gasteiger charge is -2.46. The van der Waals surface area contributed by atoms with Crippen LogP contribution in [0.3, 0.4) is 0 Å². The summed E-state index contributed by atoms with van der Waals surface area (Å²) in [7, 11) is -1.99. The van der Waals surface area contributed by atoms with Crippen LogP contribution in [0.15, 0.2) is 65.7 Å². The van der Waals surface area contributed by atoms with E-state index in [1.165, 1.54) is 19.1 Å². The van der Waals surface area contributed by atoms with Gasteiger partial charge in [0.25, 0.3) is 0 Å². The number of nitrogens with zero attached hydrogens (tertiary/aromatic N) is 2. The molecule has 0 atom stereocenters. The van der Waals surface area contributed by atoms with Gasteiger partial charge in [-0.25, -0.2) is 8.42 Å². The number of carbonyl (C=O) groups is 1. The van der Waals surface area contributed by atoms with Gasteiger partial charge in [-0.2, -0.15) is 4.31 Å². The number of amides is 1. The molecule has 3 aromatic rings. The van der Waals surface area contributed by atoms with Crippen molar-refractivity contribution in [2.45, 2.75) is 30.2 Å². The fraction of sp³-hybridized carbons (Fsp3) is 0.292. The van der Waals surface area contributed by atoms with Crippen LogP contribution >= 0.6 is 0 Å². The van der Waals surface area contributed by atoms with E-state index in [4.69, 9.17) is 4.74 Å². The van der Waals surface area contributed by atoms with Gasteiger partial charge in [0.1, 0.15) is 5.75 Å². The molecule has 0 bridgehead atoms. The van der Waals surface area contributed by atoms with Crippen molar-refractivity contribution in [2.75, 3.05) is 30.8 Å². The van der Waals surface area contributed by atoms with Gasteiger partial charge < -0.3 is 19.9 Å². The van der Waals surface area contributed by atoms with Gasteiger partial charge in [0.05, 0.1) is 28.9 Å². The van der Waals surface area contributed by atoms with E-state index in [-0.39, 0.29) is 16.3 Å². The molecule has 0 aliphatic carbocycles. The largest absolute Gasteiger partial charge is 0.497 e. The molecule has 8 nitrogen and oxygen atoms in total. The predicted molar refractivity (Wildman–Crippen MR) is 126 cm³/mol. The molecule has 2 aliphatic rings. The number of nitrogens with one attached hydrogen (secondary N) is 2. The standard InChI is InChI=1S/C24H26N4O4S/c1-17(29)25-18-5-8-20(9-6-18)33(30,31)27-14-11-24(12-15-27)23-4-3-13-28(23)22-10-7-19(32-2)16-21(22)26-24/h3-10,13,16,26H,11-12,14-15H2,1-2H3,(H,25,29). The first kappa shape index (κ1) is 21.5. The molecule has 0 radical (unpaired) electrons. The van der Waals surface area contributed by atoms with Crippen LogP contribution in [0.1, 0.15) is 25.5 Å². The van der Waals surface area contributed by atoms with Crippen molar-refractivity contribution in [3.8, 4) is 11.4 Å². The summed E-state index contributed by atoms with van der Waals surface area (Å²) in [5, 5.41) is 6.36. The van der Waals surface area contributed by atoms with E-state index in [0.717, 1.165) is 22.8 Å². The topological polar surface area (TPSA) is 92.7 Å². The zero-order valence-electron chi connectivity index (χ0n) is 18.5. The summed E-state index contributed by atoms with van der Waals surface area (Å²) in [6.45, 7) is 2.21. The Kier molecular flexibility index (Phi) is 5.18. The van der Waals surface area contributed by atoms with Crippen molar-refractivity contribution >= 4 is 27.3 Å². The highest BCUT2D eigenvalue weighted by atomic mass is 32.2. The smallest absolute Gasteiger partial charge is 0.243 e. The summed E-state index contributed by atoms with van der Waals surface area (Å²) in [4.78, 5) is 11.4. The van der Waals surface area contributed by atoms with Gasteiger partial charge in [0, 0.05) is 43.7 Å². The number of ether oxygens (including phenoxy) is 1. The van der Waals surface area contributed by atoms with Crippen molar-refractivity contribution in [1.82, 2.24) is 8.87 Å². The summed E-state index contributed by atoms with van der Waals surface area (Å²) in [6, 6.07) is 16.4. The summed E-state index contributed by atoms with van der Waals surface area (Å²) in [5.74, 6) is 0.575. The first-order valence-corrected chi connectivity index (χ1v) is 12.3. The van der Waals surface area contributed by atoms with Crippen LogP contribution in [-0.2, 0) is 20.4 Å². The SMILES string of the molecule is COc1ccc2c(c1)NC1(CCN(S(=O)(=O)c3ccc(NC(C)=O)cc3)CC1)c1cccn1-2. The van der Waals surface area contributed by atoms with Gasteiger partial charge in [-0.05, 0) is 61.4 Å². The second kappa shape index (κ2) is 7.93. The zero-order chi connectivity index (χ0) is 23.2. The number of hydrogen-bond acceptors (Lipinski definition) is 5. The Morgan fingerprint density at radius 1 is 1.09 bits per heavy atom. The van der Waals surface area contributed by atoms with Crippen molar-refractivity contribution < 1.29 is 17.9 Å². The highest BCUT2D eigenvalue weighted by Gasteiger charge is 2.43. The molecular weight excluding hydrogens is 440 g/mol. The van der Waals surface area contributed by atoms with Crippen LogP contribution < -0.4 is 15.4 Å². The second-order valence-corrected chi connectivity index (χ2v) is 10.4. The van der Waals surface area contributed by atoms with Gasteiger partial charge >= 0.3 is 0 Å². The number of anilines is 2. The quantitative estimate of drug-likeness (QED) is 0.614. The molecule has 3 heterocycles. The Morgan fingerprint density at radius 2 is 1.82 bits per heavy atom. The number of aromatic nitrogens is 1. The maximum atomic E-state index is 13.3. The van der Waals surface area contributed by atoms with Gasteiger partial charge in [-0.15, -0.1) is 0 Å². The molecule has 1 spiro atoms. The second-order valence-electron chi connectivity index (χ2n) is 8.46.